The molecule has 0 amide bonds. The van der Waals surface area contributed by atoms with Crippen molar-refractivity contribution in [3.8, 4) is 0 Å². The van der Waals surface area contributed by atoms with Crippen LogP contribution in [0.2, 0.25) is 0 Å². The monoisotopic (exact) mass is 266 g/mol. The lowest BCUT2D eigenvalue weighted by molar-refractivity contribution is -0.0232. The van der Waals surface area contributed by atoms with Crippen molar-refractivity contribution in [2.75, 3.05) is 0 Å². The van der Waals surface area contributed by atoms with Gasteiger partial charge in [-0.1, -0.05) is 34.6 Å². The summed E-state index contributed by atoms with van der Waals surface area (Å²) in [7, 11) is 0. The number of hydrogen-bond donors (Lipinski definition) is 1. The molecule has 0 aromatic heterocycles. The smallest absolute Gasteiger partial charge is 0.0919 e. The summed E-state index contributed by atoms with van der Waals surface area (Å²) >= 11 is 3.41. The highest BCUT2D eigenvalue weighted by Gasteiger charge is 2.46. The molecule has 0 unspecified atom stereocenters. The van der Waals surface area contributed by atoms with Crippen LogP contribution in [-0.4, -0.2) is 10.7 Å². The zero-order valence-electron chi connectivity index (χ0n) is 8.83. The molecule has 0 radical (unpaired) electrons. The molecule has 1 aliphatic rings. The van der Waals surface area contributed by atoms with Gasteiger partial charge in [0.2, 0.25) is 0 Å². The average molecular weight is 267 g/mol. The van der Waals surface area contributed by atoms with Crippen molar-refractivity contribution >= 4 is 15.9 Å². The second kappa shape index (κ2) is 3.76. The minimum absolute atomic E-state index is 0.225. The lowest BCUT2D eigenvalue weighted by Gasteiger charge is -2.46. The van der Waals surface area contributed by atoms with Crippen LogP contribution in [-0.2, 0) is 0 Å². The fraction of sp³-hybridized carbons (Fsp3) is 0.385. The Morgan fingerprint density at radius 1 is 1.47 bits per heavy atom. The summed E-state index contributed by atoms with van der Waals surface area (Å²) in [4.78, 5) is 0. The van der Waals surface area contributed by atoms with E-state index in [9.17, 15) is 5.11 Å². The van der Waals surface area contributed by atoms with Gasteiger partial charge in [-0.3, -0.25) is 0 Å². The first-order chi connectivity index (χ1) is 7.04. The predicted molar refractivity (Wildman–Crippen MR) is 65.9 cm³/mol. The molecule has 2 atom stereocenters. The Balaban J connectivity index is 2.26. The summed E-state index contributed by atoms with van der Waals surface area (Å²) in [6.07, 6.45) is 1.88. The fourth-order valence-corrected chi connectivity index (χ4v) is 2.47. The van der Waals surface area contributed by atoms with E-state index in [1.807, 2.05) is 19.1 Å². The largest absolute Gasteiger partial charge is 0.385 e. The fourth-order valence-electron chi connectivity index (χ4n) is 2.21. The maximum atomic E-state index is 10.4. The summed E-state index contributed by atoms with van der Waals surface area (Å²) in [6, 6.07) is 8.18. The van der Waals surface area contributed by atoms with Gasteiger partial charge >= 0.3 is 0 Å². The first-order valence-corrected chi connectivity index (χ1v) is 5.97. The van der Waals surface area contributed by atoms with Crippen molar-refractivity contribution in [2.24, 2.45) is 0 Å². The van der Waals surface area contributed by atoms with Gasteiger partial charge in [-0.05, 0) is 43.0 Å². The Morgan fingerprint density at radius 3 is 2.47 bits per heavy atom. The Labute approximate surface area is 99.0 Å². The average Bonchev–Trinajstić information content (AvgIpc) is 2.18. The molecule has 1 fully saturated rings. The SMILES string of the molecule is C=C(C)[C@@]1(O)CC[C@@H]1c1ccc(Br)cc1. The van der Waals surface area contributed by atoms with Crippen molar-refractivity contribution in [3.63, 3.8) is 0 Å². The molecular weight excluding hydrogens is 252 g/mol. The van der Waals surface area contributed by atoms with Crippen LogP contribution in [0, 0.1) is 0 Å². The van der Waals surface area contributed by atoms with Crippen LogP contribution in [0.3, 0.4) is 0 Å². The molecule has 1 aromatic rings. The van der Waals surface area contributed by atoms with Crippen molar-refractivity contribution in [1.82, 2.24) is 0 Å². The molecule has 2 heteroatoms. The maximum Gasteiger partial charge on any atom is 0.0919 e. The molecule has 1 nitrogen and oxygen atoms in total. The van der Waals surface area contributed by atoms with Gasteiger partial charge in [0.05, 0.1) is 5.60 Å². The Hall–Kier alpha value is -0.600. The molecule has 1 aromatic carbocycles. The number of hydrogen-bond acceptors (Lipinski definition) is 1. The standard InChI is InChI=1S/C13H15BrO/c1-9(2)13(15)8-7-12(13)10-3-5-11(14)6-4-10/h3-6,12,15H,1,7-8H2,2H3/t12-,13+/m1/s1. The first-order valence-electron chi connectivity index (χ1n) is 5.18. The topological polar surface area (TPSA) is 20.2 Å². The third-order valence-corrected chi connectivity index (χ3v) is 3.93. The summed E-state index contributed by atoms with van der Waals surface area (Å²) in [5, 5.41) is 10.4. The number of halogens is 1. The number of benzene rings is 1. The molecule has 0 bridgehead atoms. The highest BCUT2D eigenvalue weighted by molar-refractivity contribution is 9.10. The van der Waals surface area contributed by atoms with E-state index in [2.05, 4.69) is 34.6 Å². The summed E-state index contributed by atoms with van der Waals surface area (Å²) in [5.74, 6) is 0.225. The zero-order valence-corrected chi connectivity index (χ0v) is 10.4. The third kappa shape index (κ3) is 1.77. The van der Waals surface area contributed by atoms with Gasteiger partial charge < -0.3 is 5.11 Å². The molecule has 1 aliphatic carbocycles. The lowest BCUT2D eigenvalue weighted by Crippen LogP contribution is -2.45. The Kier molecular flexibility index (Phi) is 2.73. The van der Waals surface area contributed by atoms with Crippen molar-refractivity contribution in [1.29, 1.82) is 0 Å². The summed E-state index contributed by atoms with van der Waals surface area (Å²) < 4.78 is 1.07. The lowest BCUT2D eigenvalue weighted by atomic mass is 9.63. The van der Waals surface area contributed by atoms with E-state index in [0.29, 0.717) is 0 Å². The van der Waals surface area contributed by atoms with Gasteiger partial charge in [0.1, 0.15) is 0 Å². The maximum absolute atomic E-state index is 10.4. The normalized spacial score (nSPS) is 29.7. The Morgan fingerprint density at radius 2 is 2.07 bits per heavy atom. The molecule has 80 valence electrons. The number of rotatable bonds is 2. The van der Waals surface area contributed by atoms with Crippen LogP contribution in [0.1, 0.15) is 31.2 Å². The minimum atomic E-state index is -0.673. The van der Waals surface area contributed by atoms with Gasteiger partial charge in [0, 0.05) is 10.4 Å². The summed E-state index contributed by atoms with van der Waals surface area (Å²) in [5.41, 5.74) is 1.41. The van der Waals surface area contributed by atoms with Crippen LogP contribution in [0.15, 0.2) is 40.9 Å². The van der Waals surface area contributed by atoms with E-state index in [1.54, 1.807) is 0 Å². The van der Waals surface area contributed by atoms with Crippen molar-refractivity contribution in [3.05, 3.63) is 46.5 Å². The van der Waals surface area contributed by atoms with Crippen molar-refractivity contribution in [2.45, 2.75) is 31.3 Å². The van der Waals surface area contributed by atoms with Crippen LogP contribution in [0.25, 0.3) is 0 Å². The van der Waals surface area contributed by atoms with Crippen LogP contribution in [0.5, 0.6) is 0 Å². The Bertz CT molecular complexity index is 382. The molecule has 0 heterocycles. The quantitative estimate of drug-likeness (QED) is 0.811. The number of aliphatic hydroxyl groups is 1. The molecular formula is C13H15BrO. The molecule has 0 saturated heterocycles. The zero-order chi connectivity index (χ0) is 11.1. The predicted octanol–water partition coefficient (Wildman–Crippen LogP) is 3.63. The van der Waals surface area contributed by atoms with E-state index in [-0.39, 0.29) is 5.92 Å². The molecule has 2 rings (SSSR count). The van der Waals surface area contributed by atoms with Crippen molar-refractivity contribution < 1.29 is 5.11 Å². The summed E-state index contributed by atoms with van der Waals surface area (Å²) in [6.45, 7) is 5.79. The van der Waals surface area contributed by atoms with E-state index in [0.717, 1.165) is 22.9 Å². The van der Waals surface area contributed by atoms with Crippen LogP contribution in [0.4, 0.5) is 0 Å². The van der Waals surface area contributed by atoms with Crippen LogP contribution >= 0.6 is 15.9 Å². The van der Waals surface area contributed by atoms with Gasteiger partial charge in [-0.25, -0.2) is 0 Å². The first kappa shape index (κ1) is 10.9. The van der Waals surface area contributed by atoms with E-state index in [4.69, 9.17) is 0 Å². The molecule has 15 heavy (non-hydrogen) atoms. The van der Waals surface area contributed by atoms with E-state index in [1.165, 1.54) is 5.56 Å². The molecule has 0 aliphatic heterocycles. The van der Waals surface area contributed by atoms with Crippen LogP contribution < -0.4 is 0 Å². The molecule has 1 N–H and O–H groups in total. The van der Waals surface area contributed by atoms with Gasteiger partial charge in [0.15, 0.2) is 0 Å². The second-order valence-corrected chi connectivity index (χ2v) is 5.26. The van der Waals surface area contributed by atoms with E-state index < -0.39 is 5.60 Å². The molecule has 1 saturated carbocycles. The van der Waals surface area contributed by atoms with Gasteiger partial charge in [-0.2, -0.15) is 0 Å². The van der Waals surface area contributed by atoms with Gasteiger partial charge in [-0.15, -0.1) is 0 Å². The second-order valence-electron chi connectivity index (χ2n) is 4.35. The highest BCUT2D eigenvalue weighted by atomic mass is 79.9. The van der Waals surface area contributed by atoms with E-state index >= 15 is 0 Å². The third-order valence-electron chi connectivity index (χ3n) is 3.40. The highest BCUT2D eigenvalue weighted by Crippen LogP contribution is 2.49. The molecule has 0 spiro atoms. The van der Waals surface area contributed by atoms with Gasteiger partial charge in [0.25, 0.3) is 0 Å². The minimum Gasteiger partial charge on any atom is -0.385 e.